The zero-order chi connectivity index (χ0) is 23.9. The highest BCUT2D eigenvalue weighted by Gasteiger charge is 2.25. The van der Waals surface area contributed by atoms with Gasteiger partial charge < -0.3 is 9.64 Å². The number of aryl methyl sites for hydroxylation is 2. The van der Waals surface area contributed by atoms with Crippen molar-refractivity contribution in [3.05, 3.63) is 59.2 Å². The third kappa shape index (κ3) is 6.17. The van der Waals surface area contributed by atoms with E-state index < -0.39 is 0 Å². The molecule has 1 amide bonds. The number of rotatable bonds is 9. The average molecular weight is 463 g/mol. The van der Waals surface area contributed by atoms with E-state index in [4.69, 9.17) is 16.0 Å². The maximum Gasteiger partial charge on any atom is 0.227 e. The molecule has 34 heavy (non-hydrogen) atoms. The highest BCUT2D eigenvalue weighted by Crippen LogP contribution is 2.32. The van der Waals surface area contributed by atoms with Crippen LogP contribution in [0.2, 0.25) is 0 Å². The Morgan fingerprint density at radius 3 is 2.62 bits per heavy atom. The molecular weight excluding hydrogens is 424 g/mol. The topological polar surface area (TPSA) is 82.7 Å². The Balaban J connectivity index is 1.25. The first kappa shape index (κ1) is 24.3. The molecule has 1 heterocycles. The van der Waals surface area contributed by atoms with Crippen molar-refractivity contribution in [2.24, 2.45) is 5.84 Å². The number of amides is 1. The molecule has 2 aromatic rings. The highest BCUT2D eigenvalue weighted by molar-refractivity contribution is 5.96. The molecule has 1 aliphatic carbocycles. The predicted octanol–water partition coefficient (Wildman–Crippen LogP) is 5.51. The summed E-state index contributed by atoms with van der Waals surface area (Å²) in [7, 11) is 0. The number of hydrogen-bond acceptors (Lipinski definition) is 4. The van der Waals surface area contributed by atoms with Crippen molar-refractivity contribution in [3.8, 4) is 5.75 Å². The van der Waals surface area contributed by atoms with Crippen molar-refractivity contribution >= 4 is 17.4 Å². The van der Waals surface area contributed by atoms with Crippen LogP contribution in [-0.2, 0) is 17.8 Å². The van der Waals surface area contributed by atoms with Crippen LogP contribution in [0.1, 0.15) is 74.5 Å². The van der Waals surface area contributed by atoms with E-state index in [1.807, 2.05) is 17.0 Å². The van der Waals surface area contributed by atoms with E-state index in [0.717, 1.165) is 54.7 Å². The molecule has 1 fully saturated rings. The lowest BCUT2D eigenvalue weighted by Gasteiger charge is -2.32. The van der Waals surface area contributed by atoms with Crippen molar-refractivity contribution in [2.75, 3.05) is 11.5 Å². The van der Waals surface area contributed by atoms with Gasteiger partial charge in [-0.15, -0.1) is 0 Å². The van der Waals surface area contributed by atoms with Gasteiger partial charge in [0.05, 0.1) is 13.2 Å². The van der Waals surface area contributed by atoms with Gasteiger partial charge in [0.25, 0.3) is 0 Å². The third-order valence-electron chi connectivity index (χ3n) is 7.07. The van der Waals surface area contributed by atoms with Crippen LogP contribution in [0.3, 0.4) is 0 Å². The number of ether oxygens (including phenoxy) is 1. The number of anilines is 1. The van der Waals surface area contributed by atoms with E-state index in [1.165, 1.54) is 24.8 Å². The summed E-state index contributed by atoms with van der Waals surface area (Å²) >= 11 is 0. The molecule has 0 bridgehead atoms. The number of carbonyl (C=O) groups excluding carboxylic acids is 1. The number of nitrogens with two attached hydrogens (primary N) is 1. The van der Waals surface area contributed by atoms with Crippen molar-refractivity contribution in [1.29, 1.82) is 5.41 Å². The minimum Gasteiger partial charge on any atom is -0.494 e. The standard InChI is InChI=1S/C28H38N4O2/c1-21-10-12-22(13-11-21)20-31-26-16-15-25(19-23(26)14-17-28(31)33)34-18-6-5-9-27(29)32(30)24-7-3-2-4-8-24/h10-13,15-16,19,24,29H,2-9,14,17-18,20,30H2,1H3. The molecule has 1 aliphatic heterocycles. The first-order valence-electron chi connectivity index (χ1n) is 12.7. The summed E-state index contributed by atoms with van der Waals surface area (Å²) < 4.78 is 6.01. The lowest BCUT2D eigenvalue weighted by Crippen LogP contribution is -2.46. The predicted molar refractivity (Wildman–Crippen MR) is 137 cm³/mol. The number of hydrogen-bond donors (Lipinski definition) is 2. The molecule has 182 valence electrons. The van der Waals surface area contributed by atoms with Crippen LogP contribution in [0.15, 0.2) is 42.5 Å². The zero-order valence-corrected chi connectivity index (χ0v) is 20.4. The number of amidine groups is 1. The molecule has 0 aromatic heterocycles. The highest BCUT2D eigenvalue weighted by atomic mass is 16.5. The second kappa shape index (κ2) is 11.5. The summed E-state index contributed by atoms with van der Waals surface area (Å²) in [5.41, 5.74) is 4.51. The van der Waals surface area contributed by atoms with E-state index in [9.17, 15) is 4.79 Å². The van der Waals surface area contributed by atoms with Gasteiger partial charge >= 0.3 is 0 Å². The quantitative estimate of drug-likeness (QED) is 0.169. The van der Waals surface area contributed by atoms with Gasteiger partial charge in [0.2, 0.25) is 5.91 Å². The summed E-state index contributed by atoms with van der Waals surface area (Å²) in [5.74, 6) is 7.75. The smallest absolute Gasteiger partial charge is 0.227 e. The van der Waals surface area contributed by atoms with E-state index in [2.05, 4.69) is 37.3 Å². The van der Waals surface area contributed by atoms with Crippen LogP contribution in [0.25, 0.3) is 0 Å². The maximum atomic E-state index is 12.6. The summed E-state index contributed by atoms with van der Waals surface area (Å²) in [6.07, 6.45) is 9.69. The Bertz CT molecular complexity index is 982. The molecule has 0 atom stereocenters. The molecule has 6 nitrogen and oxygen atoms in total. The van der Waals surface area contributed by atoms with Crippen LogP contribution in [0.5, 0.6) is 5.75 Å². The Morgan fingerprint density at radius 1 is 1.09 bits per heavy atom. The van der Waals surface area contributed by atoms with Crippen LogP contribution >= 0.6 is 0 Å². The summed E-state index contributed by atoms with van der Waals surface area (Å²) in [5, 5.41) is 9.99. The normalized spacial score (nSPS) is 16.3. The number of hydrazine groups is 1. The number of fused-ring (bicyclic) bond motifs is 1. The van der Waals surface area contributed by atoms with Crippen LogP contribution in [-0.4, -0.2) is 29.4 Å². The van der Waals surface area contributed by atoms with E-state index >= 15 is 0 Å². The van der Waals surface area contributed by atoms with Gasteiger partial charge in [-0.2, -0.15) is 0 Å². The van der Waals surface area contributed by atoms with Gasteiger partial charge in [-0.05, 0) is 68.4 Å². The molecule has 2 aromatic carbocycles. The minimum absolute atomic E-state index is 0.173. The molecule has 0 radical (unpaired) electrons. The summed E-state index contributed by atoms with van der Waals surface area (Å²) in [6.45, 7) is 3.28. The van der Waals surface area contributed by atoms with Crippen LogP contribution < -0.4 is 15.5 Å². The molecule has 0 spiro atoms. The molecule has 3 N–H and O–H groups in total. The van der Waals surface area contributed by atoms with E-state index in [0.29, 0.717) is 37.9 Å². The monoisotopic (exact) mass is 462 g/mol. The number of carbonyl (C=O) groups is 1. The lowest BCUT2D eigenvalue weighted by molar-refractivity contribution is -0.119. The van der Waals surface area contributed by atoms with Gasteiger partial charge in [0.15, 0.2) is 0 Å². The first-order valence-corrected chi connectivity index (χ1v) is 12.7. The van der Waals surface area contributed by atoms with Gasteiger partial charge in [-0.3, -0.25) is 15.2 Å². The number of nitrogens with zero attached hydrogens (tertiary/aromatic N) is 2. The van der Waals surface area contributed by atoms with Gasteiger partial charge in [-0.1, -0.05) is 49.1 Å². The fourth-order valence-corrected chi connectivity index (χ4v) is 4.97. The molecule has 2 aliphatic rings. The van der Waals surface area contributed by atoms with Gasteiger partial charge in [-0.25, -0.2) is 5.84 Å². The zero-order valence-electron chi connectivity index (χ0n) is 20.4. The SMILES string of the molecule is Cc1ccc(CN2C(=O)CCc3cc(OCCCCC(=N)N(N)C4CCCCC4)ccc32)cc1. The lowest BCUT2D eigenvalue weighted by atomic mass is 9.95. The van der Waals surface area contributed by atoms with E-state index in [-0.39, 0.29) is 5.91 Å². The Morgan fingerprint density at radius 2 is 1.85 bits per heavy atom. The molecule has 0 saturated heterocycles. The maximum absolute atomic E-state index is 12.6. The van der Waals surface area contributed by atoms with Crippen molar-refractivity contribution < 1.29 is 9.53 Å². The third-order valence-corrected chi connectivity index (χ3v) is 7.07. The molecule has 1 saturated carbocycles. The minimum atomic E-state index is 0.173. The summed E-state index contributed by atoms with van der Waals surface area (Å²) in [6, 6.07) is 14.8. The largest absolute Gasteiger partial charge is 0.494 e. The van der Waals surface area contributed by atoms with Crippen molar-refractivity contribution in [3.63, 3.8) is 0 Å². The summed E-state index contributed by atoms with van der Waals surface area (Å²) in [4.78, 5) is 14.5. The first-order chi connectivity index (χ1) is 16.5. The molecule has 6 heteroatoms. The fraction of sp³-hybridized carbons (Fsp3) is 0.500. The Labute approximate surface area is 203 Å². The molecule has 0 unspecified atom stereocenters. The second-order valence-electron chi connectivity index (χ2n) is 9.71. The number of nitrogens with one attached hydrogen (secondary N) is 1. The van der Waals surface area contributed by atoms with Gasteiger partial charge in [0, 0.05) is 24.6 Å². The van der Waals surface area contributed by atoms with Gasteiger partial charge in [0.1, 0.15) is 11.6 Å². The van der Waals surface area contributed by atoms with Crippen molar-refractivity contribution in [2.45, 2.75) is 83.7 Å². The van der Waals surface area contributed by atoms with Crippen LogP contribution in [0.4, 0.5) is 5.69 Å². The van der Waals surface area contributed by atoms with Crippen LogP contribution in [0, 0.1) is 12.3 Å². The van der Waals surface area contributed by atoms with E-state index in [1.54, 1.807) is 5.01 Å². The average Bonchev–Trinajstić information content (AvgIpc) is 2.86. The number of unbranched alkanes of at least 4 members (excludes halogenated alkanes) is 1. The second-order valence-corrected chi connectivity index (χ2v) is 9.71. The van der Waals surface area contributed by atoms with Crippen molar-refractivity contribution in [1.82, 2.24) is 5.01 Å². The Kier molecular flexibility index (Phi) is 8.22. The molecule has 4 rings (SSSR count). The Hall–Kier alpha value is -2.86. The fourth-order valence-electron chi connectivity index (χ4n) is 4.97. The molecular formula is C28H38N4O2. The number of benzene rings is 2.